The molecule has 4 nitrogen and oxygen atoms in total. The summed E-state index contributed by atoms with van der Waals surface area (Å²) < 4.78 is 4.99. The average molecular weight is 214 g/mol. The lowest BCUT2D eigenvalue weighted by atomic mass is 9.92. The number of carbonyl (C=O) groups excluding carboxylic acids is 1. The van der Waals surface area contributed by atoms with Crippen molar-refractivity contribution >= 4 is 5.91 Å². The first-order chi connectivity index (χ1) is 7.13. The van der Waals surface area contributed by atoms with Crippen molar-refractivity contribution in [2.24, 2.45) is 5.92 Å². The highest BCUT2D eigenvalue weighted by Crippen LogP contribution is 2.16. The number of methoxy groups -OCH3 is 1. The van der Waals surface area contributed by atoms with Crippen LogP contribution in [0, 0.1) is 5.92 Å². The molecule has 0 aromatic carbocycles. The Kier molecular flexibility index (Phi) is 5.05. The summed E-state index contributed by atoms with van der Waals surface area (Å²) in [6.07, 6.45) is 1.88. The molecule has 3 unspecified atom stereocenters. The van der Waals surface area contributed by atoms with Crippen molar-refractivity contribution < 1.29 is 9.53 Å². The molecule has 0 radical (unpaired) electrons. The summed E-state index contributed by atoms with van der Waals surface area (Å²) in [6.45, 7) is 5.61. The predicted octanol–water partition coefficient (Wildman–Crippen LogP) is 0.526. The van der Waals surface area contributed by atoms with Crippen molar-refractivity contribution in [1.29, 1.82) is 0 Å². The first-order valence-corrected chi connectivity index (χ1v) is 5.66. The van der Waals surface area contributed by atoms with E-state index in [4.69, 9.17) is 4.74 Å². The first-order valence-electron chi connectivity index (χ1n) is 5.66. The highest BCUT2D eigenvalue weighted by Gasteiger charge is 2.25. The fourth-order valence-electron chi connectivity index (χ4n) is 2.02. The number of carbonyl (C=O) groups is 1. The monoisotopic (exact) mass is 214 g/mol. The number of amides is 1. The third kappa shape index (κ3) is 4.18. The Hall–Kier alpha value is -0.610. The summed E-state index contributed by atoms with van der Waals surface area (Å²) in [7, 11) is 1.65. The van der Waals surface area contributed by atoms with Gasteiger partial charge >= 0.3 is 0 Å². The van der Waals surface area contributed by atoms with E-state index in [-0.39, 0.29) is 17.9 Å². The van der Waals surface area contributed by atoms with Crippen molar-refractivity contribution in [2.45, 2.75) is 38.8 Å². The van der Waals surface area contributed by atoms with Crippen LogP contribution in [0.4, 0.5) is 0 Å². The van der Waals surface area contributed by atoms with Gasteiger partial charge in [-0.2, -0.15) is 0 Å². The van der Waals surface area contributed by atoms with Gasteiger partial charge in [-0.05, 0) is 33.2 Å². The molecule has 1 rings (SSSR count). The molecule has 1 amide bonds. The van der Waals surface area contributed by atoms with E-state index in [0.717, 1.165) is 19.4 Å². The normalized spacial score (nSPS) is 28.5. The number of hydrogen-bond acceptors (Lipinski definition) is 3. The highest BCUT2D eigenvalue weighted by molar-refractivity contribution is 5.79. The van der Waals surface area contributed by atoms with Crippen LogP contribution in [0.3, 0.4) is 0 Å². The van der Waals surface area contributed by atoms with Crippen LogP contribution in [-0.4, -0.2) is 38.3 Å². The van der Waals surface area contributed by atoms with Gasteiger partial charge in [0.2, 0.25) is 5.91 Å². The third-order valence-electron chi connectivity index (χ3n) is 2.80. The zero-order valence-electron chi connectivity index (χ0n) is 9.88. The van der Waals surface area contributed by atoms with E-state index in [2.05, 4.69) is 17.6 Å². The fraction of sp³-hybridized carbons (Fsp3) is 0.909. The molecule has 0 aromatic rings. The minimum atomic E-state index is 0.104. The van der Waals surface area contributed by atoms with Crippen LogP contribution in [-0.2, 0) is 9.53 Å². The molecule has 1 fully saturated rings. The van der Waals surface area contributed by atoms with Crippen molar-refractivity contribution in [3.63, 3.8) is 0 Å². The van der Waals surface area contributed by atoms with Gasteiger partial charge in [0.25, 0.3) is 0 Å². The van der Waals surface area contributed by atoms with E-state index in [1.54, 1.807) is 7.11 Å². The number of piperidine rings is 1. The molecule has 3 atom stereocenters. The molecular weight excluding hydrogens is 192 g/mol. The average Bonchev–Trinajstić information content (AvgIpc) is 2.18. The van der Waals surface area contributed by atoms with E-state index in [1.165, 1.54) is 0 Å². The lowest BCUT2D eigenvalue weighted by Crippen LogP contribution is -2.45. The molecule has 0 saturated carbocycles. The highest BCUT2D eigenvalue weighted by atomic mass is 16.5. The molecule has 88 valence electrons. The smallest absolute Gasteiger partial charge is 0.223 e. The van der Waals surface area contributed by atoms with Crippen molar-refractivity contribution in [2.75, 3.05) is 20.3 Å². The Balaban J connectivity index is 2.32. The van der Waals surface area contributed by atoms with Crippen LogP contribution in [0.25, 0.3) is 0 Å². The molecule has 0 aromatic heterocycles. The van der Waals surface area contributed by atoms with Gasteiger partial charge in [0.15, 0.2) is 0 Å². The number of ether oxygens (including phenoxy) is 1. The molecular formula is C11H22N2O2. The topological polar surface area (TPSA) is 50.4 Å². The Morgan fingerprint density at radius 2 is 2.40 bits per heavy atom. The van der Waals surface area contributed by atoms with Gasteiger partial charge in [0, 0.05) is 25.1 Å². The Morgan fingerprint density at radius 3 is 3.00 bits per heavy atom. The third-order valence-corrected chi connectivity index (χ3v) is 2.80. The Bertz CT molecular complexity index is 209. The molecule has 1 saturated heterocycles. The number of rotatable bonds is 4. The molecule has 15 heavy (non-hydrogen) atoms. The summed E-state index contributed by atoms with van der Waals surface area (Å²) in [5.41, 5.74) is 0. The molecule has 1 aliphatic rings. The zero-order valence-corrected chi connectivity index (χ0v) is 9.88. The van der Waals surface area contributed by atoms with Gasteiger partial charge in [-0.25, -0.2) is 0 Å². The van der Waals surface area contributed by atoms with E-state index < -0.39 is 0 Å². The summed E-state index contributed by atoms with van der Waals surface area (Å²) in [5.74, 6) is 0.341. The second kappa shape index (κ2) is 6.08. The molecule has 2 N–H and O–H groups in total. The van der Waals surface area contributed by atoms with Crippen LogP contribution in [0.15, 0.2) is 0 Å². The van der Waals surface area contributed by atoms with E-state index >= 15 is 0 Å². The number of hydrogen-bond donors (Lipinski definition) is 2. The second-order valence-electron chi connectivity index (χ2n) is 4.44. The SMILES string of the molecule is COCC(C)NC(=O)C1CCNC(C)C1. The lowest BCUT2D eigenvalue weighted by Gasteiger charge is -2.28. The Morgan fingerprint density at radius 1 is 1.67 bits per heavy atom. The van der Waals surface area contributed by atoms with Gasteiger partial charge in [0.1, 0.15) is 0 Å². The maximum atomic E-state index is 11.8. The molecule has 0 aliphatic carbocycles. The zero-order chi connectivity index (χ0) is 11.3. The van der Waals surface area contributed by atoms with Crippen molar-refractivity contribution in [1.82, 2.24) is 10.6 Å². The number of nitrogens with one attached hydrogen (secondary N) is 2. The standard InChI is InChI=1S/C11H22N2O2/c1-8-6-10(4-5-12-8)11(14)13-9(2)7-15-3/h8-10,12H,4-7H2,1-3H3,(H,13,14). The second-order valence-corrected chi connectivity index (χ2v) is 4.44. The summed E-state index contributed by atoms with van der Waals surface area (Å²) >= 11 is 0. The van der Waals surface area contributed by atoms with Crippen LogP contribution in [0.2, 0.25) is 0 Å². The lowest BCUT2D eigenvalue weighted by molar-refractivity contribution is -0.127. The predicted molar refractivity (Wildman–Crippen MR) is 59.7 cm³/mol. The van der Waals surface area contributed by atoms with Gasteiger partial charge in [-0.1, -0.05) is 0 Å². The van der Waals surface area contributed by atoms with Crippen molar-refractivity contribution in [3.8, 4) is 0 Å². The Labute approximate surface area is 91.8 Å². The maximum Gasteiger partial charge on any atom is 0.223 e. The molecule has 4 heteroatoms. The fourth-order valence-corrected chi connectivity index (χ4v) is 2.02. The van der Waals surface area contributed by atoms with Gasteiger partial charge < -0.3 is 15.4 Å². The van der Waals surface area contributed by atoms with Crippen LogP contribution in [0.1, 0.15) is 26.7 Å². The minimum Gasteiger partial charge on any atom is -0.383 e. The minimum absolute atomic E-state index is 0.104. The van der Waals surface area contributed by atoms with Gasteiger partial charge in [0.05, 0.1) is 6.61 Å². The molecule has 0 spiro atoms. The summed E-state index contributed by atoms with van der Waals surface area (Å²) in [5, 5.41) is 6.32. The molecule has 1 aliphatic heterocycles. The van der Waals surface area contributed by atoms with Crippen LogP contribution in [0.5, 0.6) is 0 Å². The van der Waals surface area contributed by atoms with E-state index in [1.807, 2.05) is 6.92 Å². The van der Waals surface area contributed by atoms with Crippen LogP contribution < -0.4 is 10.6 Å². The van der Waals surface area contributed by atoms with Crippen molar-refractivity contribution in [3.05, 3.63) is 0 Å². The van der Waals surface area contributed by atoms with Crippen LogP contribution >= 0.6 is 0 Å². The maximum absolute atomic E-state index is 11.8. The van der Waals surface area contributed by atoms with Gasteiger partial charge in [-0.3, -0.25) is 4.79 Å². The first kappa shape index (κ1) is 12.5. The quantitative estimate of drug-likeness (QED) is 0.717. The molecule has 0 bridgehead atoms. The summed E-state index contributed by atoms with van der Waals surface area (Å²) in [6, 6.07) is 0.555. The molecule has 1 heterocycles. The summed E-state index contributed by atoms with van der Waals surface area (Å²) in [4.78, 5) is 11.8. The van der Waals surface area contributed by atoms with E-state index in [0.29, 0.717) is 12.6 Å². The van der Waals surface area contributed by atoms with Gasteiger partial charge in [-0.15, -0.1) is 0 Å². The van der Waals surface area contributed by atoms with E-state index in [9.17, 15) is 4.79 Å². The largest absolute Gasteiger partial charge is 0.383 e.